The van der Waals surface area contributed by atoms with Crippen molar-refractivity contribution >= 4 is 105 Å². The Balaban J connectivity index is 3.51. The number of likely N-dealkylation sites (tertiary alicyclic amines) is 1. The Kier molecular flexibility index (Phi) is 22.0. The van der Waals surface area contributed by atoms with Crippen molar-refractivity contribution in [3.8, 4) is 0 Å². The van der Waals surface area contributed by atoms with E-state index in [0.29, 0.717) is 0 Å². The quantitative estimate of drug-likeness (QED) is 0.0336. The summed E-state index contributed by atoms with van der Waals surface area (Å²) in [5.41, 5.74) is -5.11. The van der Waals surface area contributed by atoms with E-state index in [1.807, 2.05) is 27.7 Å². The lowest BCUT2D eigenvalue weighted by atomic mass is 9.85. The van der Waals surface area contributed by atoms with Crippen molar-refractivity contribution in [2.24, 2.45) is 34.0 Å². The maximum Gasteiger partial charge on any atom is 0.322 e. The van der Waals surface area contributed by atoms with Crippen LogP contribution in [0.3, 0.4) is 0 Å². The Morgan fingerprint density at radius 3 is 1.26 bits per heavy atom. The Labute approximate surface area is 399 Å². The molecule has 1 heterocycles. The Morgan fingerprint density at radius 1 is 0.597 bits per heavy atom. The lowest BCUT2D eigenvalue weighted by Crippen LogP contribution is -2.47. The molecule has 16 nitrogen and oxygen atoms in total. The Morgan fingerprint density at radius 2 is 0.935 bits per heavy atom. The van der Waals surface area contributed by atoms with Gasteiger partial charge in [-0.3, -0.25) is 38.5 Å². The van der Waals surface area contributed by atoms with Gasteiger partial charge in [0.1, 0.15) is 57.9 Å². The molecule has 1 aliphatic rings. The predicted octanol–water partition coefficient (Wildman–Crippen LogP) is 5.86. The molecule has 0 aromatic carbocycles. The number of carbonyl (C=O) groups is 7. The second-order valence-corrected chi connectivity index (χ2v) is 27.0. The molecular weight excluding hydrogens is 1080 g/mol. The molecule has 0 aromatic heterocycles. The number of aliphatic hydroxyl groups is 1. The number of amides is 2. The van der Waals surface area contributed by atoms with Crippen molar-refractivity contribution in [3.05, 3.63) is 12.7 Å². The molecular formula is C42H65Br4NO15. The fourth-order valence-corrected chi connectivity index (χ4v) is 6.07. The van der Waals surface area contributed by atoms with Crippen molar-refractivity contribution < 1.29 is 71.8 Å². The molecule has 5 atom stereocenters. The molecule has 0 aliphatic carbocycles. The molecule has 0 spiro atoms. The number of hydrogen-bond acceptors (Lipinski definition) is 15. The molecule has 1 rings (SSSR count). The number of nitrogens with zero attached hydrogens (tertiary/aromatic N) is 1. The van der Waals surface area contributed by atoms with Crippen LogP contribution in [0.4, 0.5) is 0 Å². The zero-order valence-electron chi connectivity index (χ0n) is 37.9. The van der Waals surface area contributed by atoms with E-state index in [4.69, 9.17) is 33.2 Å². The first-order valence-electron chi connectivity index (χ1n) is 19.9. The summed E-state index contributed by atoms with van der Waals surface area (Å²) >= 11 is 13.5. The number of carbonyl (C=O) groups excluding carboxylic acids is 7. The first kappa shape index (κ1) is 58.0. The predicted molar refractivity (Wildman–Crippen MR) is 243 cm³/mol. The number of aliphatic hydroxyl groups excluding tert-OH is 1. The fourth-order valence-electron chi connectivity index (χ4n) is 5.52. The third-order valence-corrected chi connectivity index (χ3v) is 10.6. The summed E-state index contributed by atoms with van der Waals surface area (Å²) in [6, 6.07) is 0. The third-order valence-electron chi connectivity index (χ3n) is 9.54. The van der Waals surface area contributed by atoms with Crippen LogP contribution < -0.4 is 0 Å². The summed E-state index contributed by atoms with van der Waals surface area (Å²) < 4.78 is 36.6. The summed E-state index contributed by atoms with van der Waals surface area (Å²) in [6.07, 6.45) is 1.40. The second-order valence-electron chi connectivity index (χ2n) is 18.7. The highest BCUT2D eigenvalue weighted by atomic mass is 79.9. The molecule has 0 aromatic rings. The monoisotopic (exact) mass is 1140 g/mol. The zero-order valence-corrected chi connectivity index (χ0v) is 44.3. The lowest BCUT2D eigenvalue weighted by molar-refractivity contribution is -0.182. The molecule has 356 valence electrons. The van der Waals surface area contributed by atoms with Crippen LogP contribution in [0.1, 0.15) is 83.1 Å². The van der Waals surface area contributed by atoms with Crippen LogP contribution in [0, 0.1) is 34.0 Å². The molecule has 1 saturated heterocycles. The average molecular weight is 1140 g/mol. The molecule has 5 unspecified atom stereocenters. The number of esters is 5. The number of hydrogen-bond donors (Lipinski definition) is 1. The van der Waals surface area contributed by atoms with E-state index in [-0.39, 0.29) is 33.0 Å². The van der Waals surface area contributed by atoms with E-state index in [9.17, 15) is 38.7 Å². The SMILES string of the molecule is C=CC(CO)C1C(=O)N(CCOC(=O)C(C)(COC(=O)C(C)(COCC(C)(C)Br)COC(=O)C(C)(C)Br)COC(=O)C(C)(COCC(C)(C)Br)COC(=O)C(C)(C)Br)C(=O)C1C. The molecule has 0 saturated carbocycles. The minimum Gasteiger partial charge on any atom is -0.464 e. The van der Waals surface area contributed by atoms with Crippen LogP contribution in [0.2, 0.25) is 0 Å². The number of imide groups is 1. The van der Waals surface area contributed by atoms with Gasteiger partial charge < -0.3 is 38.3 Å². The topological polar surface area (TPSA) is 208 Å². The molecule has 1 fully saturated rings. The third kappa shape index (κ3) is 18.1. The van der Waals surface area contributed by atoms with Crippen LogP contribution in [0.15, 0.2) is 12.7 Å². The van der Waals surface area contributed by atoms with E-state index < -0.39 is 133 Å². The van der Waals surface area contributed by atoms with Crippen LogP contribution in [-0.4, -0.2) is 142 Å². The maximum absolute atomic E-state index is 14.0. The Hall–Kier alpha value is -1.97. The van der Waals surface area contributed by atoms with Gasteiger partial charge in [-0.25, -0.2) is 0 Å². The van der Waals surface area contributed by atoms with Crippen LogP contribution in [0.5, 0.6) is 0 Å². The van der Waals surface area contributed by atoms with E-state index >= 15 is 0 Å². The van der Waals surface area contributed by atoms with Gasteiger partial charge in [-0.1, -0.05) is 76.7 Å². The summed E-state index contributed by atoms with van der Waals surface area (Å²) in [6.45, 7) is 19.3. The highest BCUT2D eigenvalue weighted by molar-refractivity contribution is 9.10. The van der Waals surface area contributed by atoms with Gasteiger partial charge in [-0.2, -0.15) is 0 Å². The molecule has 0 radical (unpaired) electrons. The zero-order chi connectivity index (χ0) is 48.3. The largest absolute Gasteiger partial charge is 0.464 e. The van der Waals surface area contributed by atoms with Crippen molar-refractivity contribution in [1.29, 1.82) is 0 Å². The molecule has 62 heavy (non-hydrogen) atoms. The van der Waals surface area contributed by atoms with Crippen LogP contribution >= 0.6 is 63.7 Å². The molecule has 20 heteroatoms. The summed E-state index contributed by atoms with van der Waals surface area (Å²) in [7, 11) is 0. The highest BCUT2D eigenvalue weighted by Gasteiger charge is 2.49. The van der Waals surface area contributed by atoms with Crippen molar-refractivity contribution in [2.75, 3.05) is 72.6 Å². The Bertz CT molecular complexity index is 1540. The first-order valence-corrected chi connectivity index (χ1v) is 23.1. The van der Waals surface area contributed by atoms with E-state index in [0.717, 1.165) is 4.90 Å². The van der Waals surface area contributed by atoms with Crippen LogP contribution in [-0.2, 0) is 66.7 Å². The average Bonchev–Trinajstić information content (AvgIpc) is 3.35. The fraction of sp³-hybridized carbons (Fsp3) is 0.786. The smallest absolute Gasteiger partial charge is 0.322 e. The highest BCUT2D eigenvalue weighted by Crippen LogP contribution is 2.34. The van der Waals surface area contributed by atoms with Crippen molar-refractivity contribution in [3.63, 3.8) is 0 Å². The minimum atomic E-state index is -1.92. The lowest BCUT2D eigenvalue weighted by Gasteiger charge is -2.33. The number of halogens is 4. The van der Waals surface area contributed by atoms with Crippen molar-refractivity contribution in [2.45, 2.75) is 100 Å². The molecule has 1 aliphatic heterocycles. The van der Waals surface area contributed by atoms with E-state index in [1.54, 1.807) is 34.6 Å². The normalized spacial score (nSPS) is 19.7. The second kappa shape index (κ2) is 23.5. The minimum absolute atomic E-state index is 0.154. The summed E-state index contributed by atoms with van der Waals surface area (Å²) in [5, 5.41) is 9.77. The molecule has 1 N–H and O–H groups in total. The standard InChI is InChI=1S/C42H65Br4NO15/c1-14-27(17-48)28-26(2)29(49)47(30(28)50)15-16-58-33(53)42(13,24-61-34(54)40(11,20-56-18-36(3,4)43)22-59-31(51)38(7,8)45)25-62-35(55)41(12,21-57-19-37(5,6)44)23-60-32(52)39(9,10)46/h14,26-28,48H,1,15-25H2,2-13H3. The van der Waals surface area contributed by atoms with E-state index in [1.165, 1.54) is 26.8 Å². The van der Waals surface area contributed by atoms with Gasteiger partial charge in [0.15, 0.2) is 0 Å². The molecule has 2 amide bonds. The number of ether oxygens (including phenoxy) is 7. The van der Waals surface area contributed by atoms with E-state index in [2.05, 4.69) is 70.3 Å². The first-order chi connectivity index (χ1) is 28.1. The van der Waals surface area contributed by atoms with Gasteiger partial charge in [0.2, 0.25) is 11.8 Å². The van der Waals surface area contributed by atoms with Crippen LogP contribution in [0.25, 0.3) is 0 Å². The number of rotatable bonds is 27. The van der Waals surface area contributed by atoms with Gasteiger partial charge in [-0.05, 0) is 76.2 Å². The van der Waals surface area contributed by atoms with Gasteiger partial charge in [0, 0.05) is 20.5 Å². The van der Waals surface area contributed by atoms with Gasteiger partial charge in [0.25, 0.3) is 0 Å². The van der Waals surface area contributed by atoms with Gasteiger partial charge in [0.05, 0.1) is 45.5 Å². The maximum atomic E-state index is 14.0. The summed E-state index contributed by atoms with van der Waals surface area (Å²) in [5.74, 6) is -7.60. The number of alkyl halides is 4. The molecule has 0 bridgehead atoms. The van der Waals surface area contributed by atoms with Crippen molar-refractivity contribution in [1.82, 2.24) is 4.90 Å². The van der Waals surface area contributed by atoms with Gasteiger partial charge >= 0.3 is 29.8 Å². The van der Waals surface area contributed by atoms with Gasteiger partial charge in [-0.15, -0.1) is 6.58 Å². The summed E-state index contributed by atoms with van der Waals surface area (Å²) in [4.78, 5) is 94.6.